The molecule has 0 bridgehead atoms. The van der Waals surface area contributed by atoms with Crippen molar-refractivity contribution in [2.75, 3.05) is 19.6 Å². The van der Waals surface area contributed by atoms with Gasteiger partial charge >= 0.3 is 0 Å². The molecule has 2 aromatic heterocycles. The standard InChI is InChI=1S/C20H32N6O2/c1-5-21-19(23-15-20(3,28)17-13-24-25(4)14-17)22-11-6-7-12-26-16(2)9-8-10-18(26)27/h8-10,13-14,28H,5-7,11-12,15H2,1-4H3,(H2,21,22,23). The molecule has 0 aliphatic heterocycles. The van der Waals surface area contributed by atoms with E-state index in [0.717, 1.165) is 37.2 Å². The van der Waals surface area contributed by atoms with E-state index in [-0.39, 0.29) is 12.1 Å². The number of hydrogen-bond donors (Lipinski definition) is 3. The Labute approximate surface area is 166 Å². The molecule has 0 saturated heterocycles. The average molecular weight is 389 g/mol. The molecule has 1 unspecified atom stereocenters. The third kappa shape index (κ3) is 6.23. The van der Waals surface area contributed by atoms with Gasteiger partial charge < -0.3 is 20.3 Å². The fourth-order valence-electron chi connectivity index (χ4n) is 2.88. The smallest absolute Gasteiger partial charge is 0.250 e. The highest BCUT2D eigenvalue weighted by atomic mass is 16.3. The first-order valence-corrected chi connectivity index (χ1v) is 9.73. The molecule has 8 heteroatoms. The Hall–Kier alpha value is -2.61. The van der Waals surface area contributed by atoms with Crippen molar-refractivity contribution in [1.29, 1.82) is 0 Å². The van der Waals surface area contributed by atoms with E-state index < -0.39 is 5.60 Å². The van der Waals surface area contributed by atoms with Gasteiger partial charge in [-0.3, -0.25) is 9.48 Å². The highest BCUT2D eigenvalue weighted by Crippen LogP contribution is 2.19. The van der Waals surface area contributed by atoms with Gasteiger partial charge in [0.15, 0.2) is 5.96 Å². The van der Waals surface area contributed by atoms with Crippen LogP contribution in [0.5, 0.6) is 0 Å². The van der Waals surface area contributed by atoms with Crippen LogP contribution in [0.4, 0.5) is 0 Å². The van der Waals surface area contributed by atoms with E-state index in [2.05, 4.69) is 20.7 Å². The second-order valence-corrected chi connectivity index (χ2v) is 7.16. The Morgan fingerprint density at radius 1 is 1.32 bits per heavy atom. The second-order valence-electron chi connectivity index (χ2n) is 7.16. The van der Waals surface area contributed by atoms with Gasteiger partial charge in [0.2, 0.25) is 0 Å². The molecule has 2 heterocycles. The monoisotopic (exact) mass is 388 g/mol. The SMILES string of the molecule is CCNC(=NCC(C)(O)c1cnn(C)c1)NCCCCn1c(C)cccc1=O. The number of aliphatic hydroxyl groups is 1. The Morgan fingerprint density at radius 3 is 2.75 bits per heavy atom. The second kappa shape index (κ2) is 10.1. The van der Waals surface area contributed by atoms with Gasteiger partial charge in [-0.2, -0.15) is 5.10 Å². The quantitative estimate of drug-likeness (QED) is 0.340. The van der Waals surface area contributed by atoms with Gasteiger partial charge in [0.25, 0.3) is 5.56 Å². The summed E-state index contributed by atoms with van der Waals surface area (Å²) in [6.45, 7) is 8.09. The van der Waals surface area contributed by atoms with E-state index in [0.29, 0.717) is 12.5 Å². The van der Waals surface area contributed by atoms with Crippen LogP contribution in [0, 0.1) is 6.92 Å². The Morgan fingerprint density at radius 2 is 2.11 bits per heavy atom. The van der Waals surface area contributed by atoms with Crippen molar-refractivity contribution in [3.05, 3.63) is 52.2 Å². The summed E-state index contributed by atoms with van der Waals surface area (Å²) < 4.78 is 3.46. The fourth-order valence-corrected chi connectivity index (χ4v) is 2.88. The zero-order valence-electron chi connectivity index (χ0n) is 17.3. The van der Waals surface area contributed by atoms with Crippen LogP contribution >= 0.6 is 0 Å². The van der Waals surface area contributed by atoms with Crippen LogP contribution in [-0.4, -0.2) is 45.0 Å². The van der Waals surface area contributed by atoms with Crippen LogP contribution in [0.1, 0.15) is 37.9 Å². The third-order valence-electron chi connectivity index (χ3n) is 4.59. The summed E-state index contributed by atoms with van der Waals surface area (Å²) in [4.78, 5) is 16.4. The Balaban J connectivity index is 1.83. The van der Waals surface area contributed by atoms with E-state index in [9.17, 15) is 9.90 Å². The number of aryl methyl sites for hydroxylation is 2. The van der Waals surface area contributed by atoms with Gasteiger partial charge in [0.1, 0.15) is 5.60 Å². The van der Waals surface area contributed by atoms with E-state index in [1.807, 2.05) is 27.0 Å². The number of unbranched alkanes of at least 4 members (excludes halogenated alkanes) is 1. The van der Waals surface area contributed by atoms with Gasteiger partial charge in [-0.25, -0.2) is 4.99 Å². The largest absolute Gasteiger partial charge is 0.383 e. The lowest BCUT2D eigenvalue weighted by atomic mass is 10.0. The lowest BCUT2D eigenvalue weighted by Crippen LogP contribution is -2.39. The number of guanidine groups is 1. The predicted molar refractivity (Wildman–Crippen MR) is 111 cm³/mol. The number of aromatic nitrogens is 3. The predicted octanol–water partition coefficient (Wildman–Crippen LogP) is 1.13. The molecule has 28 heavy (non-hydrogen) atoms. The van der Waals surface area contributed by atoms with Crippen molar-refractivity contribution in [3.63, 3.8) is 0 Å². The maximum absolute atomic E-state index is 11.9. The minimum absolute atomic E-state index is 0.0421. The minimum atomic E-state index is -1.08. The summed E-state index contributed by atoms with van der Waals surface area (Å²) in [6, 6.07) is 5.33. The van der Waals surface area contributed by atoms with E-state index in [1.54, 1.807) is 40.7 Å². The molecular weight excluding hydrogens is 356 g/mol. The fraction of sp³-hybridized carbons (Fsp3) is 0.550. The van der Waals surface area contributed by atoms with Crippen molar-refractivity contribution in [1.82, 2.24) is 25.0 Å². The first kappa shape index (κ1) is 21.7. The average Bonchev–Trinajstić information content (AvgIpc) is 3.09. The molecule has 0 aromatic carbocycles. The Bertz CT molecular complexity index is 837. The third-order valence-corrected chi connectivity index (χ3v) is 4.59. The number of aliphatic imine (C=N–C) groups is 1. The van der Waals surface area contributed by atoms with Crippen LogP contribution in [0.2, 0.25) is 0 Å². The molecule has 0 aliphatic carbocycles. The van der Waals surface area contributed by atoms with Crippen LogP contribution in [-0.2, 0) is 19.2 Å². The molecule has 1 atom stereocenters. The molecule has 0 amide bonds. The molecular formula is C20H32N6O2. The van der Waals surface area contributed by atoms with Crippen LogP contribution < -0.4 is 16.2 Å². The summed E-state index contributed by atoms with van der Waals surface area (Å²) >= 11 is 0. The van der Waals surface area contributed by atoms with Crippen LogP contribution in [0.3, 0.4) is 0 Å². The van der Waals surface area contributed by atoms with Crippen molar-refractivity contribution in [2.45, 2.75) is 45.8 Å². The number of nitrogens with zero attached hydrogens (tertiary/aromatic N) is 4. The van der Waals surface area contributed by atoms with Gasteiger partial charge in [-0.05, 0) is 39.7 Å². The topological polar surface area (TPSA) is 96.5 Å². The summed E-state index contributed by atoms with van der Waals surface area (Å²) in [6.07, 6.45) is 5.25. The maximum Gasteiger partial charge on any atom is 0.250 e. The van der Waals surface area contributed by atoms with Gasteiger partial charge in [0.05, 0.1) is 12.7 Å². The zero-order chi connectivity index (χ0) is 20.6. The number of hydrogen-bond acceptors (Lipinski definition) is 4. The molecule has 2 rings (SSSR count). The number of pyridine rings is 1. The zero-order valence-corrected chi connectivity index (χ0v) is 17.3. The number of nitrogens with one attached hydrogen (secondary N) is 2. The highest BCUT2D eigenvalue weighted by Gasteiger charge is 2.24. The lowest BCUT2D eigenvalue weighted by molar-refractivity contribution is 0.0672. The van der Waals surface area contributed by atoms with E-state index in [4.69, 9.17) is 0 Å². The summed E-state index contributed by atoms with van der Waals surface area (Å²) in [7, 11) is 1.82. The first-order chi connectivity index (χ1) is 13.3. The van der Waals surface area contributed by atoms with Gasteiger partial charge in [-0.15, -0.1) is 0 Å². The maximum atomic E-state index is 11.9. The van der Waals surface area contributed by atoms with Crippen molar-refractivity contribution < 1.29 is 5.11 Å². The molecule has 0 saturated carbocycles. The van der Waals surface area contributed by atoms with Crippen LogP contribution in [0.25, 0.3) is 0 Å². The molecule has 0 radical (unpaired) electrons. The van der Waals surface area contributed by atoms with Crippen molar-refractivity contribution in [2.24, 2.45) is 12.0 Å². The minimum Gasteiger partial charge on any atom is -0.383 e. The number of rotatable bonds is 9. The Kier molecular flexibility index (Phi) is 7.80. The molecule has 0 fully saturated rings. The first-order valence-electron chi connectivity index (χ1n) is 9.73. The molecule has 2 aromatic rings. The van der Waals surface area contributed by atoms with Crippen LogP contribution in [0.15, 0.2) is 40.4 Å². The lowest BCUT2D eigenvalue weighted by Gasteiger charge is -2.20. The normalized spacial score (nSPS) is 14.0. The molecule has 8 nitrogen and oxygen atoms in total. The van der Waals surface area contributed by atoms with E-state index in [1.165, 1.54) is 0 Å². The van der Waals surface area contributed by atoms with Crippen molar-refractivity contribution >= 4 is 5.96 Å². The highest BCUT2D eigenvalue weighted by molar-refractivity contribution is 5.79. The van der Waals surface area contributed by atoms with Gasteiger partial charge in [0, 0.05) is 50.2 Å². The van der Waals surface area contributed by atoms with Crippen molar-refractivity contribution in [3.8, 4) is 0 Å². The molecule has 0 aliphatic rings. The molecule has 3 N–H and O–H groups in total. The summed E-state index contributed by atoms with van der Waals surface area (Å²) in [5.74, 6) is 0.666. The van der Waals surface area contributed by atoms with Gasteiger partial charge in [-0.1, -0.05) is 6.07 Å². The summed E-state index contributed by atoms with van der Waals surface area (Å²) in [5.41, 5.74) is 0.676. The molecule has 0 spiro atoms. The van der Waals surface area contributed by atoms with E-state index >= 15 is 0 Å². The molecule has 154 valence electrons. The summed E-state index contributed by atoms with van der Waals surface area (Å²) in [5, 5.41) is 21.2.